The molecule has 0 aliphatic heterocycles. The molecular formula is C10H20N2O3Si. The van der Waals surface area contributed by atoms with Crippen LogP contribution in [0.3, 0.4) is 0 Å². The molecule has 6 heteroatoms. The third kappa shape index (κ3) is 3.13. The molecule has 1 rings (SSSR count). The lowest BCUT2D eigenvalue weighted by atomic mass is 10.2. The van der Waals surface area contributed by atoms with Crippen molar-refractivity contribution in [3.8, 4) is 0 Å². The van der Waals surface area contributed by atoms with Crippen molar-refractivity contribution in [3.63, 3.8) is 0 Å². The average molecular weight is 244 g/mol. The Morgan fingerprint density at radius 2 is 1.81 bits per heavy atom. The van der Waals surface area contributed by atoms with Crippen LogP contribution in [0, 0.1) is 0 Å². The van der Waals surface area contributed by atoms with Crippen LogP contribution in [0.2, 0.25) is 18.1 Å². The first-order valence-electron chi connectivity index (χ1n) is 5.32. The van der Waals surface area contributed by atoms with E-state index in [1.165, 1.54) is 0 Å². The largest absolute Gasteiger partial charge is 0.420 e. The Morgan fingerprint density at radius 3 is 2.25 bits per heavy atom. The summed E-state index contributed by atoms with van der Waals surface area (Å²) in [5.41, 5.74) is 0. The predicted octanol–water partition coefficient (Wildman–Crippen LogP) is 2.08. The Kier molecular flexibility index (Phi) is 3.87. The molecule has 0 radical (unpaired) electrons. The van der Waals surface area contributed by atoms with E-state index in [0.717, 1.165) is 0 Å². The molecule has 0 spiro atoms. The van der Waals surface area contributed by atoms with Crippen molar-refractivity contribution in [1.82, 2.24) is 10.2 Å². The van der Waals surface area contributed by atoms with E-state index >= 15 is 0 Å². The second-order valence-corrected chi connectivity index (χ2v) is 10.1. The summed E-state index contributed by atoms with van der Waals surface area (Å²) in [7, 11) is -1.78. The van der Waals surface area contributed by atoms with Crippen LogP contribution in [-0.2, 0) is 17.6 Å². The highest BCUT2D eigenvalue weighted by Gasteiger charge is 2.37. The van der Waals surface area contributed by atoms with Gasteiger partial charge in [-0.3, -0.25) is 0 Å². The van der Waals surface area contributed by atoms with Crippen molar-refractivity contribution < 1.29 is 13.9 Å². The predicted molar refractivity (Wildman–Crippen MR) is 62.2 cm³/mol. The number of nitrogens with zero attached hydrogens (tertiary/aromatic N) is 2. The summed E-state index contributed by atoms with van der Waals surface area (Å²) >= 11 is 0. The third-order valence-electron chi connectivity index (χ3n) is 3.01. The zero-order valence-electron chi connectivity index (χ0n) is 10.6. The van der Waals surface area contributed by atoms with Gasteiger partial charge in [-0.2, -0.15) is 0 Å². The first-order chi connectivity index (χ1) is 7.26. The maximum atomic E-state index is 8.78. The van der Waals surface area contributed by atoms with Gasteiger partial charge in [0.25, 0.3) is 0 Å². The highest BCUT2D eigenvalue weighted by Crippen LogP contribution is 2.36. The standard InChI is InChI=1S/C10H20N2O3Si/c1-10(2,3)16(4,5)14-7-9-12-11-8(6-13)15-9/h13H,6-7H2,1-5H3. The Hall–Kier alpha value is -0.723. The fraction of sp³-hybridized carbons (Fsp3) is 0.800. The minimum absolute atomic E-state index is 0.160. The number of hydrogen-bond acceptors (Lipinski definition) is 5. The summed E-state index contributed by atoms with van der Waals surface area (Å²) in [5.74, 6) is 0.655. The molecule has 0 amide bonds. The van der Waals surface area contributed by atoms with E-state index in [1.54, 1.807) is 0 Å². The molecule has 0 aliphatic rings. The topological polar surface area (TPSA) is 68.4 Å². The molecule has 1 N–H and O–H groups in total. The average Bonchev–Trinajstić information content (AvgIpc) is 2.60. The molecule has 0 saturated heterocycles. The molecule has 1 aromatic rings. The van der Waals surface area contributed by atoms with E-state index < -0.39 is 8.32 Å². The number of rotatable bonds is 4. The van der Waals surface area contributed by atoms with Crippen molar-refractivity contribution >= 4 is 8.32 Å². The SMILES string of the molecule is CC(C)(C)[Si](C)(C)OCc1nnc(CO)o1. The molecule has 16 heavy (non-hydrogen) atoms. The molecule has 0 aromatic carbocycles. The monoisotopic (exact) mass is 244 g/mol. The first-order valence-corrected chi connectivity index (χ1v) is 8.23. The summed E-state index contributed by atoms with van der Waals surface area (Å²) in [6, 6.07) is 0. The lowest BCUT2D eigenvalue weighted by molar-refractivity contribution is 0.211. The van der Waals surface area contributed by atoms with Gasteiger partial charge in [0.05, 0.1) is 0 Å². The second kappa shape index (κ2) is 4.64. The Morgan fingerprint density at radius 1 is 1.25 bits per heavy atom. The minimum Gasteiger partial charge on any atom is -0.420 e. The molecule has 1 heterocycles. The van der Waals surface area contributed by atoms with Crippen molar-refractivity contribution in [2.24, 2.45) is 0 Å². The van der Waals surface area contributed by atoms with Gasteiger partial charge in [0, 0.05) is 0 Å². The third-order valence-corrected chi connectivity index (χ3v) is 7.49. The van der Waals surface area contributed by atoms with Crippen molar-refractivity contribution in [3.05, 3.63) is 11.8 Å². The normalized spacial score (nSPS) is 13.1. The van der Waals surface area contributed by atoms with E-state index in [-0.39, 0.29) is 17.5 Å². The van der Waals surface area contributed by atoms with Crippen molar-refractivity contribution in [1.29, 1.82) is 0 Å². The van der Waals surface area contributed by atoms with Gasteiger partial charge in [0.15, 0.2) is 8.32 Å². The lowest BCUT2D eigenvalue weighted by Crippen LogP contribution is -2.40. The van der Waals surface area contributed by atoms with Crippen LogP contribution in [0.25, 0.3) is 0 Å². The molecule has 0 saturated carbocycles. The molecule has 5 nitrogen and oxygen atoms in total. The van der Waals surface area contributed by atoms with Gasteiger partial charge in [0.2, 0.25) is 11.8 Å². The van der Waals surface area contributed by atoms with Crippen LogP contribution in [0.4, 0.5) is 0 Å². The maximum absolute atomic E-state index is 8.78. The minimum atomic E-state index is -1.78. The van der Waals surface area contributed by atoms with Gasteiger partial charge in [0.1, 0.15) is 13.2 Å². The summed E-state index contributed by atoms with van der Waals surface area (Å²) < 4.78 is 11.1. The first kappa shape index (κ1) is 13.3. The van der Waals surface area contributed by atoms with E-state index in [4.69, 9.17) is 13.9 Å². The summed E-state index contributed by atoms with van der Waals surface area (Å²) in [6.45, 7) is 10.9. The quantitative estimate of drug-likeness (QED) is 0.821. The number of aromatic nitrogens is 2. The summed E-state index contributed by atoms with van der Waals surface area (Å²) in [5, 5.41) is 16.4. The van der Waals surface area contributed by atoms with Crippen LogP contribution >= 0.6 is 0 Å². The van der Waals surface area contributed by atoms with Crippen LogP contribution in [0.1, 0.15) is 32.6 Å². The van der Waals surface area contributed by atoms with E-state index in [0.29, 0.717) is 12.5 Å². The Bertz CT molecular complexity index is 344. The Balaban J connectivity index is 2.57. The van der Waals surface area contributed by atoms with Gasteiger partial charge in [-0.25, -0.2) is 0 Å². The van der Waals surface area contributed by atoms with E-state index in [9.17, 15) is 0 Å². The smallest absolute Gasteiger partial charge is 0.241 e. The van der Waals surface area contributed by atoms with E-state index in [2.05, 4.69) is 44.1 Å². The van der Waals surface area contributed by atoms with Gasteiger partial charge in [-0.05, 0) is 18.1 Å². The van der Waals surface area contributed by atoms with Gasteiger partial charge in [-0.15, -0.1) is 10.2 Å². The van der Waals surface area contributed by atoms with Crippen LogP contribution in [0.5, 0.6) is 0 Å². The second-order valence-electron chi connectivity index (χ2n) is 5.30. The fourth-order valence-electron chi connectivity index (χ4n) is 0.869. The van der Waals surface area contributed by atoms with E-state index in [1.807, 2.05) is 0 Å². The van der Waals surface area contributed by atoms with Crippen LogP contribution in [-0.4, -0.2) is 23.6 Å². The number of hydrogen-bond donors (Lipinski definition) is 1. The highest BCUT2D eigenvalue weighted by atomic mass is 28.4. The molecule has 0 unspecified atom stereocenters. The summed E-state index contributed by atoms with van der Waals surface area (Å²) in [6.07, 6.45) is 0. The number of aliphatic hydroxyl groups is 1. The molecule has 1 aromatic heterocycles. The van der Waals surface area contributed by atoms with Gasteiger partial charge < -0.3 is 13.9 Å². The number of aliphatic hydroxyl groups excluding tert-OH is 1. The van der Waals surface area contributed by atoms with Gasteiger partial charge >= 0.3 is 0 Å². The molecular weight excluding hydrogens is 224 g/mol. The van der Waals surface area contributed by atoms with Crippen LogP contribution < -0.4 is 0 Å². The molecule has 0 fully saturated rings. The maximum Gasteiger partial charge on any atom is 0.241 e. The van der Waals surface area contributed by atoms with Crippen molar-refractivity contribution in [2.75, 3.05) is 0 Å². The summed E-state index contributed by atoms with van der Waals surface area (Å²) in [4.78, 5) is 0. The highest BCUT2D eigenvalue weighted by molar-refractivity contribution is 6.74. The van der Waals surface area contributed by atoms with Gasteiger partial charge in [-0.1, -0.05) is 20.8 Å². The lowest BCUT2D eigenvalue weighted by Gasteiger charge is -2.35. The molecule has 0 aliphatic carbocycles. The zero-order valence-corrected chi connectivity index (χ0v) is 11.6. The fourth-order valence-corrected chi connectivity index (χ4v) is 1.79. The van der Waals surface area contributed by atoms with Crippen molar-refractivity contribution in [2.45, 2.75) is 52.1 Å². The Labute approximate surface area is 97.0 Å². The molecule has 0 bridgehead atoms. The molecule has 0 atom stereocenters. The molecule has 92 valence electrons. The van der Waals surface area contributed by atoms with Crippen LogP contribution in [0.15, 0.2) is 4.42 Å². The zero-order chi connectivity index (χ0) is 12.4.